The summed E-state index contributed by atoms with van der Waals surface area (Å²) in [6, 6.07) is 0. The van der Waals surface area contributed by atoms with E-state index in [9.17, 15) is 9.59 Å². The predicted octanol–water partition coefficient (Wildman–Crippen LogP) is 1.60. The van der Waals surface area contributed by atoms with Crippen molar-refractivity contribution >= 4 is 28.2 Å². The van der Waals surface area contributed by atoms with Gasteiger partial charge in [-0.2, -0.15) is 0 Å². The maximum absolute atomic E-state index is 11.3. The highest BCUT2D eigenvalue weighted by Crippen LogP contribution is 2.32. The first kappa shape index (κ1) is 13.5. The number of carboxylic acid groups (broad SMARTS) is 1. The molecule has 0 saturated carbocycles. The number of thiophene rings is 1. The van der Waals surface area contributed by atoms with Crippen molar-refractivity contribution in [1.82, 2.24) is 0 Å². The van der Waals surface area contributed by atoms with Gasteiger partial charge < -0.3 is 16.2 Å². The summed E-state index contributed by atoms with van der Waals surface area (Å²) in [5.74, 6) is -1.88. The molecule has 0 aliphatic rings. The lowest BCUT2D eigenvalue weighted by Crippen LogP contribution is -2.21. The fraction of sp³-hybridized carbons (Fsp3) is 0.455. The minimum Gasteiger partial charge on any atom is -0.481 e. The third-order valence-electron chi connectivity index (χ3n) is 2.62. The van der Waals surface area contributed by atoms with Gasteiger partial charge in [0.1, 0.15) is 5.00 Å². The van der Waals surface area contributed by atoms with Gasteiger partial charge in [0.15, 0.2) is 0 Å². The van der Waals surface area contributed by atoms with Gasteiger partial charge in [-0.1, -0.05) is 6.92 Å². The lowest BCUT2D eigenvalue weighted by Gasteiger charge is -2.09. The molecule has 0 fully saturated rings. The Labute approximate surface area is 104 Å². The second kappa shape index (κ2) is 5.18. The molecule has 1 amide bonds. The number of rotatable bonds is 5. The Bertz CT molecular complexity index is 454. The molecule has 4 N–H and O–H groups in total. The summed E-state index contributed by atoms with van der Waals surface area (Å²) in [5.41, 5.74) is 6.62. The van der Waals surface area contributed by atoms with Gasteiger partial charge >= 0.3 is 5.97 Å². The van der Waals surface area contributed by atoms with Gasteiger partial charge in [-0.25, -0.2) is 0 Å². The second-order valence-electron chi connectivity index (χ2n) is 3.97. The Morgan fingerprint density at radius 1 is 1.47 bits per heavy atom. The van der Waals surface area contributed by atoms with Crippen LogP contribution in [0, 0.1) is 19.8 Å². The van der Waals surface area contributed by atoms with Crippen molar-refractivity contribution in [3.8, 4) is 0 Å². The van der Waals surface area contributed by atoms with E-state index in [1.54, 1.807) is 6.92 Å². The van der Waals surface area contributed by atoms with Crippen LogP contribution >= 0.6 is 11.3 Å². The zero-order chi connectivity index (χ0) is 13.2. The van der Waals surface area contributed by atoms with Crippen LogP contribution in [0.2, 0.25) is 0 Å². The van der Waals surface area contributed by atoms with Gasteiger partial charge in [-0.3, -0.25) is 9.59 Å². The Kier molecular flexibility index (Phi) is 4.11. The number of primary amides is 1. The number of carbonyl (C=O) groups is 2. The smallest absolute Gasteiger partial charge is 0.308 e. The molecule has 1 aromatic heterocycles. The largest absolute Gasteiger partial charge is 0.481 e. The molecule has 17 heavy (non-hydrogen) atoms. The lowest BCUT2D eigenvalue weighted by molar-refractivity contribution is -0.140. The topological polar surface area (TPSA) is 92.4 Å². The van der Waals surface area contributed by atoms with E-state index in [0.29, 0.717) is 10.6 Å². The second-order valence-corrected chi connectivity index (χ2v) is 5.20. The van der Waals surface area contributed by atoms with Crippen LogP contribution in [0.4, 0.5) is 5.00 Å². The number of amides is 1. The molecule has 0 aliphatic heterocycles. The third-order valence-corrected chi connectivity index (χ3v) is 3.79. The van der Waals surface area contributed by atoms with E-state index in [2.05, 4.69) is 5.32 Å². The van der Waals surface area contributed by atoms with E-state index in [-0.39, 0.29) is 6.54 Å². The van der Waals surface area contributed by atoms with Crippen molar-refractivity contribution in [3.63, 3.8) is 0 Å². The fourth-order valence-corrected chi connectivity index (χ4v) is 2.45. The Morgan fingerprint density at radius 3 is 2.53 bits per heavy atom. The molecular formula is C11H16N2O3S. The third kappa shape index (κ3) is 2.97. The van der Waals surface area contributed by atoms with Crippen molar-refractivity contribution in [2.24, 2.45) is 11.7 Å². The molecule has 0 bridgehead atoms. The van der Waals surface area contributed by atoms with E-state index < -0.39 is 17.8 Å². The van der Waals surface area contributed by atoms with E-state index in [0.717, 1.165) is 10.4 Å². The van der Waals surface area contributed by atoms with Crippen molar-refractivity contribution in [3.05, 3.63) is 16.0 Å². The summed E-state index contributed by atoms with van der Waals surface area (Å²) in [6.07, 6.45) is 0. The SMILES string of the molecule is Cc1sc(NCC(C)C(=O)O)c(C(N)=O)c1C. The van der Waals surface area contributed by atoms with Crippen molar-refractivity contribution < 1.29 is 14.7 Å². The van der Waals surface area contributed by atoms with Gasteiger partial charge in [0, 0.05) is 11.4 Å². The molecule has 1 atom stereocenters. The molecule has 1 aromatic rings. The predicted molar refractivity (Wildman–Crippen MR) is 67.6 cm³/mol. The molecule has 0 aromatic carbocycles. The van der Waals surface area contributed by atoms with Gasteiger partial charge in [-0.15, -0.1) is 11.3 Å². The molecule has 0 spiro atoms. The first-order valence-electron chi connectivity index (χ1n) is 5.21. The van der Waals surface area contributed by atoms with E-state index in [1.807, 2.05) is 13.8 Å². The molecule has 0 saturated heterocycles. The number of aryl methyl sites for hydroxylation is 1. The van der Waals surface area contributed by atoms with Crippen molar-refractivity contribution in [2.45, 2.75) is 20.8 Å². The van der Waals surface area contributed by atoms with Crippen LogP contribution in [-0.2, 0) is 4.79 Å². The number of anilines is 1. The van der Waals surface area contributed by atoms with Gasteiger partial charge in [-0.05, 0) is 19.4 Å². The molecular weight excluding hydrogens is 240 g/mol. The molecule has 1 heterocycles. The lowest BCUT2D eigenvalue weighted by atomic mass is 10.1. The monoisotopic (exact) mass is 256 g/mol. The van der Waals surface area contributed by atoms with Crippen LogP contribution in [0.5, 0.6) is 0 Å². The summed E-state index contributed by atoms with van der Waals surface area (Å²) < 4.78 is 0. The fourth-order valence-electron chi connectivity index (χ4n) is 1.38. The zero-order valence-electron chi connectivity index (χ0n) is 10.0. The normalized spacial score (nSPS) is 12.2. The number of carboxylic acids is 1. The highest BCUT2D eigenvalue weighted by molar-refractivity contribution is 7.16. The molecule has 5 nitrogen and oxygen atoms in total. The maximum Gasteiger partial charge on any atom is 0.308 e. The average molecular weight is 256 g/mol. The molecule has 1 unspecified atom stereocenters. The van der Waals surface area contributed by atoms with E-state index in [1.165, 1.54) is 11.3 Å². The number of nitrogens with two attached hydrogens (primary N) is 1. The highest BCUT2D eigenvalue weighted by Gasteiger charge is 2.18. The van der Waals surface area contributed by atoms with Crippen LogP contribution < -0.4 is 11.1 Å². The number of hydrogen-bond donors (Lipinski definition) is 3. The summed E-state index contributed by atoms with van der Waals surface area (Å²) in [5, 5.41) is 12.4. The van der Waals surface area contributed by atoms with Crippen molar-refractivity contribution in [1.29, 1.82) is 0 Å². The van der Waals surface area contributed by atoms with E-state index >= 15 is 0 Å². The minimum atomic E-state index is -0.872. The quantitative estimate of drug-likeness (QED) is 0.746. The van der Waals surface area contributed by atoms with Gasteiger partial charge in [0.25, 0.3) is 5.91 Å². The van der Waals surface area contributed by atoms with Gasteiger partial charge in [0.05, 0.1) is 11.5 Å². The first-order valence-corrected chi connectivity index (χ1v) is 6.02. The zero-order valence-corrected chi connectivity index (χ0v) is 10.9. The summed E-state index contributed by atoms with van der Waals surface area (Å²) in [7, 11) is 0. The Hall–Kier alpha value is -1.56. The molecule has 0 aliphatic carbocycles. The van der Waals surface area contributed by atoms with Crippen LogP contribution in [0.1, 0.15) is 27.7 Å². The Balaban J connectivity index is 2.88. The van der Waals surface area contributed by atoms with Gasteiger partial charge in [0.2, 0.25) is 0 Å². The van der Waals surface area contributed by atoms with Crippen LogP contribution in [0.15, 0.2) is 0 Å². The standard InChI is InChI=1S/C11H16N2O3S/c1-5(11(15)16)4-13-10-8(9(12)14)6(2)7(3)17-10/h5,13H,4H2,1-3H3,(H2,12,14)(H,15,16). The molecule has 94 valence electrons. The van der Waals surface area contributed by atoms with Crippen LogP contribution in [0.25, 0.3) is 0 Å². The number of carbonyl (C=O) groups excluding carboxylic acids is 1. The minimum absolute atomic E-state index is 0.273. The highest BCUT2D eigenvalue weighted by atomic mass is 32.1. The number of nitrogens with one attached hydrogen (secondary N) is 1. The Morgan fingerprint density at radius 2 is 2.06 bits per heavy atom. The summed E-state index contributed by atoms with van der Waals surface area (Å²) >= 11 is 1.42. The summed E-state index contributed by atoms with van der Waals surface area (Å²) in [4.78, 5) is 23.0. The number of aliphatic carboxylic acids is 1. The maximum atomic E-state index is 11.3. The number of hydrogen-bond acceptors (Lipinski definition) is 4. The average Bonchev–Trinajstić information content (AvgIpc) is 2.51. The molecule has 6 heteroatoms. The molecule has 1 rings (SSSR count). The van der Waals surface area contributed by atoms with Crippen LogP contribution in [0.3, 0.4) is 0 Å². The van der Waals surface area contributed by atoms with Crippen LogP contribution in [-0.4, -0.2) is 23.5 Å². The van der Waals surface area contributed by atoms with Crippen molar-refractivity contribution in [2.75, 3.05) is 11.9 Å². The first-order chi connectivity index (χ1) is 7.84. The van der Waals surface area contributed by atoms with E-state index in [4.69, 9.17) is 10.8 Å². The summed E-state index contributed by atoms with van der Waals surface area (Å²) in [6.45, 7) is 5.61. The molecule has 0 radical (unpaired) electrons.